The zero-order valence-electron chi connectivity index (χ0n) is 12.1. The first-order valence-corrected chi connectivity index (χ1v) is 6.53. The summed E-state index contributed by atoms with van der Waals surface area (Å²) >= 11 is 0. The predicted molar refractivity (Wildman–Crippen MR) is 77.5 cm³/mol. The first-order chi connectivity index (χ1) is 9.60. The molecule has 0 bridgehead atoms. The van der Waals surface area contributed by atoms with Crippen molar-refractivity contribution in [3.63, 3.8) is 0 Å². The SMILES string of the molecule is [Br-].[C-]#[N+]c1cc(C)c(CC(=O)C[n+]2ccccc2)c(C)c1. The summed E-state index contributed by atoms with van der Waals surface area (Å²) in [5, 5.41) is 0. The number of halogens is 1. The minimum Gasteiger partial charge on any atom is -1.00 e. The van der Waals surface area contributed by atoms with Gasteiger partial charge >= 0.3 is 0 Å². The number of Topliss-reactive ketones (excluding diaryl/α,β-unsaturated/α-hetero) is 1. The van der Waals surface area contributed by atoms with E-state index in [1.807, 2.05) is 61.1 Å². The number of ketones is 1. The molecule has 0 saturated heterocycles. The molecule has 1 heterocycles. The third-order valence-electron chi connectivity index (χ3n) is 3.32. The summed E-state index contributed by atoms with van der Waals surface area (Å²) in [6, 6.07) is 9.44. The lowest BCUT2D eigenvalue weighted by molar-refractivity contribution is -0.684. The number of hydrogen-bond donors (Lipinski definition) is 0. The molecule has 0 N–H and O–H groups in total. The Morgan fingerprint density at radius 3 is 2.24 bits per heavy atom. The molecule has 0 amide bonds. The first-order valence-electron chi connectivity index (χ1n) is 6.53. The molecule has 2 aromatic rings. The Balaban J connectivity index is 0.00000220. The van der Waals surface area contributed by atoms with Gasteiger partial charge in [-0.1, -0.05) is 29.3 Å². The summed E-state index contributed by atoms with van der Waals surface area (Å²) in [4.78, 5) is 15.6. The number of carbonyl (C=O) groups is 1. The standard InChI is InChI=1S/C17H17N2O.BrH/c1-13-9-15(18-3)10-14(2)17(13)11-16(20)12-19-7-5-4-6-8-19;/h4-10H,11-12H2,1-2H3;1H/q+1;/p-1. The number of carbonyl (C=O) groups excluding carboxylic acids is 1. The van der Waals surface area contributed by atoms with Crippen LogP contribution in [0.4, 0.5) is 5.69 Å². The van der Waals surface area contributed by atoms with E-state index in [4.69, 9.17) is 6.57 Å². The molecule has 0 fully saturated rings. The molecule has 0 radical (unpaired) electrons. The summed E-state index contributed by atoms with van der Waals surface area (Å²) in [6.45, 7) is 11.3. The summed E-state index contributed by atoms with van der Waals surface area (Å²) in [5.74, 6) is 0.169. The van der Waals surface area contributed by atoms with Crippen molar-refractivity contribution in [2.45, 2.75) is 26.8 Å². The monoisotopic (exact) mass is 344 g/mol. The van der Waals surface area contributed by atoms with Gasteiger partial charge in [-0.05, 0) is 19.4 Å². The Morgan fingerprint density at radius 1 is 1.14 bits per heavy atom. The Hall–Kier alpha value is -1.99. The molecule has 0 unspecified atom stereocenters. The van der Waals surface area contributed by atoms with Crippen LogP contribution < -0.4 is 21.5 Å². The van der Waals surface area contributed by atoms with Crippen molar-refractivity contribution >= 4 is 11.5 Å². The van der Waals surface area contributed by atoms with Crippen LogP contribution in [0.1, 0.15) is 16.7 Å². The van der Waals surface area contributed by atoms with Crippen LogP contribution in [0.2, 0.25) is 0 Å². The van der Waals surface area contributed by atoms with Crippen LogP contribution in [0.3, 0.4) is 0 Å². The molecule has 3 nitrogen and oxygen atoms in total. The maximum absolute atomic E-state index is 12.2. The Labute approximate surface area is 135 Å². The predicted octanol–water partition coefficient (Wildman–Crippen LogP) is -0.0425. The molecule has 0 aliphatic rings. The van der Waals surface area contributed by atoms with E-state index in [2.05, 4.69) is 4.85 Å². The summed E-state index contributed by atoms with van der Waals surface area (Å²) in [6.07, 6.45) is 4.19. The van der Waals surface area contributed by atoms with Crippen molar-refractivity contribution in [2.75, 3.05) is 0 Å². The Bertz CT molecular complexity index is 652. The highest BCUT2D eigenvalue weighted by atomic mass is 79.9. The average Bonchev–Trinajstić information content (AvgIpc) is 2.43. The lowest BCUT2D eigenvalue weighted by atomic mass is 9.97. The molecule has 21 heavy (non-hydrogen) atoms. The number of aryl methyl sites for hydroxylation is 2. The second kappa shape index (κ2) is 7.70. The van der Waals surface area contributed by atoms with E-state index in [1.165, 1.54) is 0 Å². The van der Waals surface area contributed by atoms with Crippen LogP contribution in [0, 0.1) is 20.4 Å². The molecule has 0 atom stereocenters. The molecular formula is C17H17BrN2O. The number of rotatable bonds is 4. The van der Waals surface area contributed by atoms with Crippen molar-refractivity contribution < 1.29 is 26.3 Å². The van der Waals surface area contributed by atoms with E-state index >= 15 is 0 Å². The van der Waals surface area contributed by atoms with E-state index in [0.717, 1.165) is 16.7 Å². The lowest BCUT2D eigenvalue weighted by Crippen LogP contribution is -3.00. The summed E-state index contributed by atoms with van der Waals surface area (Å²) < 4.78 is 1.88. The minimum absolute atomic E-state index is 0. The van der Waals surface area contributed by atoms with E-state index in [0.29, 0.717) is 18.7 Å². The molecular weight excluding hydrogens is 328 g/mol. The van der Waals surface area contributed by atoms with E-state index in [1.54, 1.807) is 0 Å². The average molecular weight is 345 g/mol. The maximum Gasteiger partial charge on any atom is 0.206 e. The normalized spacial score (nSPS) is 9.57. The number of benzene rings is 1. The van der Waals surface area contributed by atoms with Crippen LogP contribution in [0.5, 0.6) is 0 Å². The van der Waals surface area contributed by atoms with Gasteiger partial charge in [-0.3, -0.25) is 4.79 Å². The van der Waals surface area contributed by atoms with Gasteiger partial charge in [0, 0.05) is 18.6 Å². The third kappa shape index (κ3) is 4.51. The van der Waals surface area contributed by atoms with Crippen LogP contribution in [0.25, 0.3) is 4.85 Å². The van der Waals surface area contributed by atoms with Crippen LogP contribution >= 0.6 is 0 Å². The molecule has 108 valence electrons. The van der Waals surface area contributed by atoms with Gasteiger partial charge in [-0.2, -0.15) is 4.57 Å². The Kier molecular flexibility index (Phi) is 6.26. The van der Waals surface area contributed by atoms with E-state index in [-0.39, 0.29) is 22.8 Å². The number of pyridine rings is 1. The smallest absolute Gasteiger partial charge is 0.206 e. The quantitative estimate of drug-likeness (QED) is 0.564. The largest absolute Gasteiger partial charge is 1.00 e. The minimum atomic E-state index is 0. The molecule has 4 heteroatoms. The van der Waals surface area contributed by atoms with Gasteiger partial charge in [-0.15, -0.1) is 0 Å². The van der Waals surface area contributed by atoms with Gasteiger partial charge in [0.05, 0.1) is 6.57 Å². The number of hydrogen-bond acceptors (Lipinski definition) is 1. The molecule has 0 spiro atoms. The lowest BCUT2D eigenvalue weighted by Gasteiger charge is -2.09. The summed E-state index contributed by atoms with van der Waals surface area (Å²) in [7, 11) is 0. The fourth-order valence-corrected chi connectivity index (χ4v) is 2.31. The molecule has 2 rings (SSSR count). The molecule has 1 aromatic carbocycles. The first kappa shape index (κ1) is 17.1. The van der Waals surface area contributed by atoms with Gasteiger partial charge in [0.2, 0.25) is 12.3 Å². The van der Waals surface area contributed by atoms with E-state index in [9.17, 15) is 4.79 Å². The van der Waals surface area contributed by atoms with Crippen LogP contribution in [-0.4, -0.2) is 5.78 Å². The highest BCUT2D eigenvalue weighted by Crippen LogP contribution is 2.22. The van der Waals surface area contributed by atoms with Crippen molar-refractivity contribution in [3.8, 4) is 0 Å². The molecule has 1 aromatic heterocycles. The van der Waals surface area contributed by atoms with Crippen molar-refractivity contribution in [1.82, 2.24) is 0 Å². The van der Waals surface area contributed by atoms with Gasteiger partial charge in [0.1, 0.15) is 0 Å². The highest BCUT2D eigenvalue weighted by Gasteiger charge is 2.13. The fourth-order valence-electron chi connectivity index (χ4n) is 2.31. The van der Waals surface area contributed by atoms with Crippen molar-refractivity contribution in [3.05, 3.63) is 70.8 Å². The number of aromatic nitrogens is 1. The van der Waals surface area contributed by atoms with E-state index < -0.39 is 0 Å². The van der Waals surface area contributed by atoms with Crippen LogP contribution in [-0.2, 0) is 17.8 Å². The second-order valence-electron chi connectivity index (χ2n) is 4.93. The summed E-state index contributed by atoms with van der Waals surface area (Å²) in [5.41, 5.74) is 3.71. The van der Waals surface area contributed by atoms with Gasteiger partial charge in [0.25, 0.3) is 0 Å². The van der Waals surface area contributed by atoms with Crippen LogP contribution in [0.15, 0.2) is 42.7 Å². The molecule has 0 saturated carbocycles. The topological polar surface area (TPSA) is 25.3 Å². The maximum atomic E-state index is 12.2. The van der Waals surface area contributed by atoms with Gasteiger partial charge in [-0.25, -0.2) is 4.85 Å². The van der Waals surface area contributed by atoms with Gasteiger partial charge in [0.15, 0.2) is 18.1 Å². The van der Waals surface area contributed by atoms with Gasteiger partial charge < -0.3 is 17.0 Å². The number of nitrogens with zero attached hydrogens (tertiary/aromatic N) is 2. The zero-order valence-corrected chi connectivity index (χ0v) is 13.7. The molecule has 0 aliphatic heterocycles. The zero-order chi connectivity index (χ0) is 14.5. The second-order valence-corrected chi connectivity index (χ2v) is 4.93. The van der Waals surface area contributed by atoms with Crippen molar-refractivity contribution in [2.24, 2.45) is 0 Å². The molecule has 0 aliphatic carbocycles. The highest BCUT2D eigenvalue weighted by molar-refractivity contribution is 5.80. The Morgan fingerprint density at radius 2 is 1.71 bits per heavy atom. The van der Waals surface area contributed by atoms with Crippen molar-refractivity contribution in [1.29, 1.82) is 0 Å². The fraction of sp³-hybridized carbons (Fsp3) is 0.235. The third-order valence-corrected chi connectivity index (χ3v) is 3.32.